The number of rotatable bonds is 4. The van der Waals surface area contributed by atoms with Crippen molar-refractivity contribution in [2.24, 2.45) is 0 Å². The van der Waals surface area contributed by atoms with Crippen molar-refractivity contribution >= 4 is 153 Å². The van der Waals surface area contributed by atoms with Crippen LogP contribution in [0.1, 0.15) is 21.6 Å². The molecule has 2 aromatic heterocycles. The van der Waals surface area contributed by atoms with Gasteiger partial charge in [-0.25, -0.2) is 0 Å². The molecule has 0 saturated heterocycles. The van der Waals surface area contributed by atoms with Gasteiger partial charge in [0.1, 0.15) is 26.4 Å². The number of ether oxygens (including phenoxy) is 4. The SMILES string of the molecule is O=C(/C=C(\[O-])C(F)(F)F)C(F)(F)F.O=C(/C=C(\[O-])C(F)(F)F)C(F)(F)F.[Cu+2].c1cc([C@@H]2CSC3=C(SC(=C4SC5=C(OCCO5)S4)S3)S2)ccn1.c1cc([C@H]2CSC3=C(SC(=C4SC5=C(OCCO5)S4)S3)S2)ccn1. The molecule has 0 unspecified atom stereocenters. The third-order valence-electron chi connectivity index (χ3n) is 8.61. The number of carbonyl (C=O) groups is 2. The predicted molar refractivity (Wildman–Crippen MR) is 271 cm³/mol. The second kappa shape index (κ2) is 27.1. The van der Waals surface area contributed by atoms with Gasteiger partial charge < -0.3 is 29.2 Å². The summed E-state index contributed by atoms with van der Waals surface area (Å²) in [6, 6.07) is 8.52. The fourth-order valence-electron chi connectivity index (χ4n) is 5.32. The van der Waals surface area contributed by atoms with E-state index in [1.807, 2.05) is 119 Å². The predicted octanol–water partition coefficient (Wildman–Crippen LogP) is 13.8. The Morgan fingerprint density at radius 1 is 0.453 bits per heavy atom. The molecule has 10 heterocycles. The van der Waals surface area contributed by atoms with Crippen molar-refractivity contribution in [3.05, 3.63) is 138 Å². The van der Waals surface area contributed by atoms with Gasteiger partial charge in [-0.05, 0) is 106 Å². The van der Waals surface area contributed by atoms with Crippen molar-refractivity contribution in [1.82, 2.24) is 9.97 Å². The maximum atomic E-state index is 11.3. The number of pyridine rings is 2. The van der Waals surface area contributed by atoms with Crippen LogP contribution < -0.4 is 10.2 Å². The second-order valence-corrected chi connectivity index (χ2v) is 28.4. The van der Waals surface area contributed by atoms with Crippen LogP contribution in [0.3, 0.4) is 0 Å². The Hall–Kier alpha value is -1.76. The van der Waals surface area contributed by atoms with Crippen LogP contribution >= 0.6 is 141 Å². The third-order valence-corrected chi connectivity index (χ3v) is 26.5. The van der Waals surface area contributed by atoms with Crippen LogP contribution in [0.4, 0.5) is 52.7 Å². The summed E-state index contributed by atoms with van der Waals surface area (Å²) in [5, 5.41) is 24.4. The largest absolute Gasteiger partial charge is 2.00 e. The fraction of sp³-hybridized carbons (Fsp3) is 0.300. The molecule has 409 valence electrons. The first kappa shape index (κ1) is 62.4. The summed E-state index contributed by atoms with van der Waals surface area (Å²) in [6.07, 6.45) is -16.3. The number of hydrogen-bond donors (Lipinski definition) is 0. The van der Waals surface area contributed by atoms with Gasteiger partial charge in [-0.2, -0.15) is 52.7 Å². The third kappa shape index (κ3) is 17.6. The molecule has 2 atom stereocenters. The zero-order valence-corrected chi connectivity index (χ0v) is 46.8. The minimum Gasteiger partial charge on any atom is -0.869 e. The minimum absolute atomic E-state index is 0. The van der Waals surface area contributed by atoms with Crippen molar-refractivity contribution in [1.29, 1.82) is 0 Å². The average Bonchev–Trinajstić information content (AvgIpc) is 4.18. The Labute approximate surface area is 478 Å². The summed E-state index contributed by atoms with van der Waals surface area (Å²) in [4.78, 5) is 27.9. The van der Waals surface area contributed by atoms with Crippen LogP contribution in [-0.4, -0.2) is 84.2 Å². The number of aromatic nitrogens is 2. The summed E-state index contributed by atoms with van der Waals surface area (Å²) in [5.74, 6) is -9.06. The van der Waals surface area contributed by atoms with Crippen LogP contribution in [0, 0.1) is 0 Å². The number of allylic oxidation sites excluding steroid dienone is 4. The summed E-state index contributed by atoms with van der Waals surface area (Å²) in [5.41, 5.74) is 2.73. The first-order chi connectivity index (χ1) is 34.8. The average molecular weight is 1340 g/mol. The monoisotopic (exact) mass is 1330 g/mol. The van der Waals surface area contributed by atoms with Crippen molar-refractivity contribution < 1.29 is 109 Å². The Morgan fingerprint density at radius 3 is 1.01 bits per heavy atom. The van der Waals surface area contributed by atoms with Gasteiger partial charge in [0, 0.05) is 46.8 Å². The maximum absolute atomic E-state index is 11.3. The summed E-state index contributed by atoms with van der Waals surface area (Å²) >= 11 is 22.4. The first-order valence-electron chi connectivity index (χ1n) is 19.8. The summed E-state index contributed by atoms with van der Waals surface area (Å²) < 4.78 is 169. The van der Waals surface area contributed by atoms with Gasteiger partial charge >= 0.3 is 41.8 Å². The quantitative estimate of drug-likeness (QED) is 0.124. The van der Waals surface area contributed by atoms with E-state index in [0.717, 1.165) is 31.9 Å². The van der Waals surface area contributed by atoms with E-state index in [1.165, 1.54) is 45.0 Å². The van der Waals surface area contributed by atoms with Gasteiger partial charge in [0.15, 0.2) is 0 Å². The number of thioether (sulfide) groups is 12. The minimum atomic E-state index is -5.46. The van der Waals surface area contributed by atoms with Crippen LogP contribution in [0.15, 0.2) is 127 Å². The second-order valence-electron chi connectivity index (χ2n) is 13.8. The van der Waals surface area contributed by atoms with Crippen molar-refractivity contribution in [3.8, 4) is 0 Å². The van der Waals surface area contributed by atoms with Gasteiger partial charge in [-0.1, -0.05) is 47.0 Å². The van der Waals surface area contributed by atoms with E-state index in [2.05, 4.69) is 34.2 Å². The van der Waals surface area contributed by atoms with Gasteiger partial charge in [0.2, 0.25) is 20.4 Å². The van der Waals surface area contributed by atoms with Crippen LogP contribution in [-0.2, 0) is 45.6 Å². The van der Waals surface area contributed by atoms with E-state index in [9.17, 15) is 72.5 Å². The van der Waals surface area contributed by atoms with Crippen molar-refractivity contribution in [3.63, 3.8) is 0 Å². The number of halogens is 12. The van der Waals surface area contributed by atoms with E-state index in [4.69, 9.17) is 18.9 Å². The molecular weight excluding hydrogens is 1310 g/mol. The molecule has 10 nitrogen and oxygen atoms in total. The van der Waals surface area contributed by atoms with Crippen LogP contribution in [0.25, 0.3) is 0 Å². The van der Waals surface area contributed by atoms with Crippen LogP contribution in [0.5, 0.6) is 0 Å². The number of alkyl halides is 12. The molecule has 0 spiro atoms. The van der Waals surface area contributed by atoms with E-state index in [0.29, 0.717) is 36.9 Å². The molecule has 0 aromatic carbocycles. The standard InChI is InChI=1S/2C15H11NO2S6.2C5H2F6O2.Cu/c2*1-3-16-4-2-8(1)9-7-19-12-13(20-9)24-15(23-12)14-21-10-11(22-14)18-6-5-17-10;2*6-4(7,8)2(12)1-3(13)5(9,10)11;/h2*1-4,9H,5-7H2;2*1,12H;/q;;;;+2/p-2/b;;2*2-1-;/t2*9-;;;/m10.../s1. The van der Waals surface area contributed by atoms with Crippen molar-refractivity contribution in [2.75, 3.05) is 37.9 Å². The Morgan fingerprint density at radius 2 is 0.733 bits per heavy atom. The van der Waals surface area contributed by atoms with E-state index in [1.54, 1.807) is 47.0 Å². The molecule has 8 aliphatic heterocycles. The molecule has 0 amide bonds. The molecule has 35 heteroatoms. The number of ketones is 2. The Balaban J connectivity index is 0.000000170. The smallest absolute Gasteiger partial charge is 0.869 e. The molecule has 8 aliphatic rings. The molecule has 0 saturated carbocycles. The fourth-order valence-corrected chi connectivity index (χ4v) is 23.2. The molecule has 0 bridgehead atoms. The molecule has 75 heavy (non-hydrogen) atoms. The first-order valence-corrected chi connectivity index (χ1v) is 30.0. The number of nitrogens with zero attached hydrogens (tertiary/aromatic N) is 2. The normalized spacial score (nSPS) is 21.8. The van der Waals surface area contributed by atoms with Gasteiger partial charge in [0.25, 0.3) is 11.6 Å². The zero-order chi connectivity index (χ0) is 53.6. The maximum Gasteiger partial charge on any atom is 2.00 e. The van der Waals surface area contributed by atoms with E-state index >= 15 is 0 Å². The number of carbonyl (C=O) groups excluding carboxylic acids is 2. The molecule has 10 rings (SSSR count). The summed E-state index contributed by atoms with van der Waals surface area (Å²) in [7, 11) is 0. The molecule has 0 N–H and O–H groups in total. The van der Waals surface area contributed by atoms with Crippen molar-refractivity contribution in [2.45, 2.75) is 35.2 Å². The Kier molecular flexibility index (Phi) is 22.6. The summed E-state index contributed by atoms with van der Waals surface area (Å²) in [6.45, 7) is 2.62. The molecule has 1 radical (unpaired) electrons. The van der Waals surface area contributed by atoms with Gasteiger partial charge in [0.05, 0.1) is 33.9 Å². The molecule has 2 aromatic rings. The topological polar surface area (TPSA) is 143 Å². The number of hydrogen-bond acceptors (Lipinski definition) is 22. The van der Waals surface area contributed by atoms with E-state index < -0.39 is 59.9 Å². The zero-order valence-electron chi connectivity index (χ0n) is 36.1. The van der Waals surface area contributed by atoms with Crippen LogP contribution in [0.2, 0.25) is 0 Å². The molecule has 0 aliphatic carbocycles. The Bertz CT molecular complexity index is 2520. The molecule has 0 fully saturated rings. The van der Waals surface area contributed by atoms with Gasteiger partial charge in [-0.15, -0.1) is 47.0 Å². The van der Waals surface area contributed by atoms with Gasteiger partial charge in [-0.3, -0.25) is 19.6 Å². The molecular formula is C40H24CuF12N2O8S12. The van der Waals surface area contributed by atoms with E-state index in [-0.39, 0.29) is 17.1 Å².